The van der Waals surface area contributed by atoms with E-state index in [2.05, 4.69) is 13.8 Å². The van der Waals surface area contributed by atoms with Crippen molar-refractivity contribution in [2.24, 2.45) is 11.3 Å². The highest BCUT2D eigenvalue weighted by molar-refractivity contribution is 7.51. The van der Waals surface area contributed by atoms with Crippen molar-refractivity contribution in [3.8, 4) is 0 Å². The summed E-state index contributed by atoms with van der Waals surface area (Å²) in [6.45, 7) is 4.21. The summed E-state index contributed by atoms with van der Waals surface area (Å²) < 4.78 is 10.8. The van der Waals surface area contributed by atoms with Crippen LogP contribution in [0.3, 0.4) is 0 Å². The highest BCUT2D eigenvalue weighted by Gasteiger charge is 2.33. The number of ketones is 1. The van der Waals surface area contributed by atoms with Crippen LogP contribution in [0, 0.1) is 11.3 Å². The fourth-order valence-corrected chi connectivity index (χ4v) is 3.21. The highest BCUT2D eigenvalue weighted by Crippen LogP contribution is 2.43. The van der Waals surface area contributed by atoms with Crippen LogP contribution < -0.4 is 0 Å². The lowest BCUT2D eigenvalue weighted by Gasteiger charge is -2.36. The maximum absolute atomic E-state index is 11.4. The number of hydrogen-bond donors (Lipinski definition) is 2. The second-order valence-corrected chi connectivity index (χ2v) is 7.59. The molecule has 0 aliphatic heterocycles. The average molecular weight is 262 g/mol. The van der Waals surface area contributed by atoms with Gasteiger partial charge in [0.05, 0.1) is 0 Å². The van der Waals surface area contributed by atoms with Gasteiger partial charge in [0.25, 0.3) is 0 Å². The zero-order valence-corrected chi connectivity index (χ0v) is 11.6. The van der Waals surface area contributed by atoms with Crippen LogP contribution in [-0.2, 0) is 9.36 Å². The molecule has 0 radical (unpaired) electrons. The Balaban J connectivity index is 2.44. The monoisotopic (exact) mass is 262 g/mol. The first-order valence-electron chi connectivity index (χ1n) is 6.27. The lowest BCUT2D eigenvalue weighted by atomic mass is 9.69. The molecule has 1 rings (SSSR count). The third-order valence-electron chi connectivity index (χ3n) is 3.86. The summed E-state index contributed by atoms with van der Waals surface area (Å²) in [6.07, 6.45) is 4.63. The molecule has 4 nitrogen and oxygen atoms in total. The maximum atomic E-state index is 11.4. The molecular formula is C12H23O4P. The summed E-state index contributed by atoms with van der Waals surface area (Å²) in [5.41, 5.74) is 0.00521. The molecule has 0 amide bonds. The summed E-state index contributed by atoms with van der Waals surface area (Å²) in [5.74, 6) is 0.713. The molecule has 0 aromatic rings. The lowest BCUT2D eigenvalue weighted by Crippen LogP contribution is -2.29. The van der Waals surface area contributed by atoms with E-state index in [9.17, 15) is 9.36 Å². The van der Waals surface area contributed by atoms with E-state index in [-0.39, 0.29) is 11.6 Å². The first-order chi connectivity index (χ1) is 7.71. The van der Waals surface area contributed by atoms with Gasteiger partial charge in [0, 0.05) is 19.0 Å². The largest absolute Gasteiger partial charge is 0.325 e. The van der Waals surface area contributed by atoms with Gasteiger partial charge in [-0.3, -0.25) is 9.36 Å². The van der Waals surface area contributed by atoms with Crippen LogP contribution >= 0.6 is 7.60 Å². The standard InChI is InChI=1S/C12H23O4P/c1-12(2,7-4-8-17(14,15)16)10-5-3-6-11(13)9-10/h10H,3-9H2,1-2H3,(H2,14,15,16). The van der Waals surface area contributed by atoms with Gasteiger partial charge in [0.1, 0.15) is 5.78 Å². The Bertz CT molecular complexity index is 318. The van der Waals surface area contributed by atoms with Crippen molar-refractivity contribution >= 4 is 13.4 Å². The molecule has 0 saturated heterocycles. The summed E-state index contributed by atoms with van der Waals surface area (Å²) in [6, 6.07) is 0. The minimum Gasteiger partial charge on any atom is -0.324 e. The highest BCUT2D eigenvalue weighted by atomic mass is 31.2. The van der Waals surface area contributed by atoms with Crippen LogP contribution in [0.15, 0.2) is 0 Å². The minimum absolute atomic E-state index is 0.00521. The fraction of sp³-hybridized carbons (Fsp3) is 0.917. The topological polar surface area (TPSA) is 74.6 Å². The molecular weight excluding hydrogens is 239 g/mol. The predicted octanol–water partition coefficient (Wildman–Crippen LogP) is 2.73. The Kier molecular flexibility index (Phi) is 4.94. The van der Waals surface area contributed by atoms with E-state index in [0.717, 1.165) is 19.3 Å². The normalized spacial score (nSPS) is 22.8. The number of carbonyl (C=O) groups is 1. The van der Waals surface area contributed by atoms with Crippen molar-refractivity contribution in [2.45, 2.75) is 52.4 Å². The van der Waals surface area contributed by atoms with Crippen molar-refractivity contribution < 1.29 is 19.1 Å². The molecule has 1 atom stereocenters. The number of carbonyl (C=O) groups excluding carboxylic acids is 1. The van der Waals surface area contributed by atoms with Crippen LogP contribution in [-0.4, -0.2) is 21.7 Å². The van der Waals surface area contributed by atoms with Gasteiger partial charge in [-0.15, -0.1) is 0 Å². The van der Waals surface area contributed by atoms with Gasteiger partial charge in [-0.05, 0) is 37.0 Å². The van der Waals surface area contributed by atoms with Crippen molar-refractivity contribution in [1.29, 1.82) is 0 Å². The summed E-state index contributed by atoms with van der Waals surface area (Å²) >= 11 is 0. The Labute approximate surface area is 103 Å². The van der Waals surface area contributed by atoms with Crippen molar-refractivity contribution in [3.05, 3.63) is 0 Å². The zero-order valence-electron chi connectivity index (χ0n) is 10.7. The van der Waals surface area contributed by atoms with Gasteiger partial charge in [-0.1, -0.05) is 13.8 Å². The van der Waals surface area contributed by atoms with E-state index in [1.54, 1.807) is 0 Å². The van der Waals surface area contributed by atoms with Crippen LogP contribution in [0.4, 0.5) is 0 Å². The van der Waals surface area contributed by atoms with Crippen molar-refractivity contribution in [3.63, 3.8) is 0 Å². The van der Waals surface area contributed by atoms with Crippen LogP contribution in [0.1, 0.15) is 52.4 Å². The van der Waals surface area contributed by atoms with E-state index in [1.807, 2.05) is 0 Å². The predicted molar refractivity (Wildman–Crippen MR) is 66.9 cm³/mol. The van der Waals surface area contributed by atoms with Gasteiger partial charge in [-0.25, -0.2) is 0 Å². The average Bonchev–Trinajstić information content (AvgIpc) is 2.15. The third-order valence-corrected chi connectivity index (χ3v) is 4.76. The molecule has 1 aliphatic carbocycles. The maximum Gasteiger partial charge on any atom is 0.325 e. The molecule has 2 N–H and O–H groups in total. The van der Waals surface area contributed by atoms with Gasteiger partial charge in [0.15, 0.2) is 0 Å². The molecule has 0 spiro atoms. The van der Waals surface area contributed by atoms with Crippen LogP contribution in [0.5, 0.6) is 0 Å². The van der Waals surface area contributed by atoms with Gasteiger partial charge in [0.2, 0.25) is 0 Å². The van der Waals surface area contributed by atoms with E-state index < -0.39 is 7.60 Å². The van der Waals surface area contributed by atoms with Gasteiger partial charge >= 0.3 is 7.60 Å². The number of hydrogen-bond acceptors (Lipinski definition) is 2. The van der Waals surface area contributed by atoms with Gasteiger partial charge in [-0.2, -0.15) is 0 Å². The molecule has 0 heterocycles. The molecule has 0 aromatic carbocycles. The van der Waals surface area contributed by atoms with Crippen LogP contribution in [0.2, 0.25) is 0 Å². The lowest BCUT2D eigenvalue weighted by molar-refractivity contribution is -0.123. The Morgan fingerprint density at radius 1 is 1.41 bits per heavy atom. The first-order valence-corrected chi connectivity index (χ1v) is 8.07. The number of Topliss-reactive ketones (excluding diaryl/α,β-unsaturated/α-hetero) is 1. The van der Waals surface area contributed by atoms with E-state index in [0.29, 0.717) is 31.0 Å². The Morgan fingerprint density at radius 3 is 2.59 bits per heavy atom. The second kappa shape index (κ2) is 5.64. The summed E-state index contributed by atoms with van der Waals surface area (Å²) in [7, 11) is -3.87. The van der Waals surface area contributed by atoms with Crippen molar-refractivity contribution in [1.82, 2.24) is 0 Å². The molecule has 100 valence electrons. The molecule has 1 unspecified atom stereocenters. The smallest absolute Gasteiger partial charge is 0.324 e. The molecule has 0 aromatic heterocycles. The molecule has 1 saturated carbocycles. The van der Waals surface area contributed by atoms with Crippen molar-refractivity contribution in [2.75, 3.05) is 6.16 Å². The second-order valence-electron chi connectivity index (χ2n) is 5.81. The van der Waals surface area contributed by atoms with Gasteiger partial charge < -0.3 is 9.79 Å². The summed E-state index contributed by atoms with van der Waals surface area (Å²) in [4.78, 5) is 29.1. The molecule has 1 fully saturated rings. The number of rotatable bonds is 5. The first kappa shape index (κ1) is 14.9. The van der Waals surface area contributed by atoms with E-state index in [4.69, 9.17) is 9.79 Å². The van der Waals surface area contributed by atoms with Crippen LogP contribution in [0.25, 0.3) is 0 Å². The Morgan fingerprint density at radius 2 is 2.06 bits per heavy atom. The van der Waals surface area contributed by atoms with E-state index in [1.165, 1.54) is 0 Å². The zero-order chi connectivity index (χ0) is 13.1. The minimum atomic E-state index is -3.87. The molecule has 0 bridgehead atoms. The molecule has 5 heteroatoms. The quantitative estimate of drug-likeness (QED) is 0.747. The molecule has 1 aliphatic rings. The molecule has 17 heavy (non-hydrogen) atoms. The SMILES string of the molecule is CC(C)(CCCP(=O)(O)O)C1CCCC(=O)C1. The van der Waals surface area contributed by atoms with E-state index >= 15 is 0 Å². The fourth-order valence-electron chi connectivity index (χ4n) is 2.64. The third kappa shape index (κ3) is 5.33. The summed E-state index contributed by atoms with van der Waals surface area (Å²) in [5, 5.41) is 0. The Hall–Kier alpha value is -0.180.